The summed E-state index contributed by atoms with van der Waals surface area (Å²) in [5.74, 6) is 0.933. The molecule has 0 aliphatic carbocycles. The van der Waals surface area contributed by atoms with E-state index in [-0.39, 0.29) is 0 Å². The summed E-state index contributed by atoms with van der Waals surface area (Å²) in [6.07, 6.45) is 0. The molecule has 0 N–H and O–H groups in total. The Balaban J connectivity index is 2.71. The molecular formula is C12H15ClO. The first kappa shape index (κ1) is 11.1. The van der Waals surface area contributed by atoms with Crippen molar-refractivity contribution in [2.75, 3.05) is 6.61 Å². The fraction of sp³-hybridized carbons (Fsp3) is 0.333. The molecule has 0 aromatic heterocycles. The quantitative estimate of drug-likeness (QED) is 0.737. The number of hydrogen-bond acceptors (Lipinski definition) is 1. The Labute approximate surface area is 90.3 Å². The number of hydrogen-bond donors (Lipinski definition) is 0. The minimum absolute atomic E-state index is 0.549. The van der Waals surface area contributed by atoms with Crippen LogP contribution in [0.3, 0.4) is 0 Å². The minimum Gasteiger partial charge on any atom is -0.489 e. The highest BCUT2D eigenvalue weighted by molar-refractivity contribution is 6.25. The van der Waals surface area contributed by atoms with Crippen LogP contribution in [0, 0.1) is 13.8 Å². The van der Waals surface area contributed by atoms with Crippen molar-refractivity contribution in [3.8, 4) is 5.75 Å². The normalized spacial score (nSPS) is 11.6. The van der Waals surface area contributed by atoms with Gasteiger partial charge in [-0.3, -0.25) is 0 Å². The SMILES string of the molecule is C/C(=C/Cl)COc1cc(C)ccc1C. The van der Waals surface area contributed by atoms with Crippen LogP contribution in [0.5, 0.6) is 5.75 Å². The maximum Gasteiger partial charge on any atom is 0.122 e. The van der Waals surface area contributed by atoms with Crippen molar-refractivity contribution in [3.05, 3.63) is 40.4 Å². The first-order chi connectivity index (χ1) is 6.63. The molecule has 1 aromatic carbocycles. The lowest BCUT2D eigenvalue weighted by Crippen LogP contribution is -1.99. The molecule has 0 unspecified atom stereocenters. The summed E-state index contributed by atoms with van der Waals surface area (Å²) in [6.45, 7) is 6.58. The minimum atomic E-state index is 0.549. The van der Waals surface area contributed by atoms with E-state index in [1.807, 2.05) is 19.9 Å². The summed E-state index contributed by atoms with van der Waals surface area (Å²) in [4.78, 5) is 0. The van der Waals surface area contributed by atoms with E-state index in [2.05, 4.69) is 19.1 Å². The third-order valence-electron chi connectivity index (χ3n) is 1.99. The van der Waals surface area contributed by atoms with Gasteiger partial charge < -0.3 is 4.74 Å². The number of aryl methyl sites for hydroxylation is 2. The highest BCUT2D eigenvalue weighted by Crippen LogP contribution is 2.19. The lowest BCUT2D eigenvalue weighted by atomic mass is 10.1. The van der Waals surface area contributed by atoms with Crippen molar-refractivity contribution < 1.29 is 4.74 Å². The highest BCUT2D eigenvalue weighted by Gasteiger charge is 1.99. The Bertz CT molecular complexity index is 342. The molecule has 0 atom stereocenters. The monoisotopic (exact) mass is 210 g/mol. The Morgan fingerprint density at radius 3 is 2.79 bits per heavy atom. The molecule has 0 heterocycles. The first-order valence-electron chi connectivity index (χ1n) is 4.59. The van der Waals surface area contributed by atoms with Crippen LogP contribution in [0.15, 0.2) is 29.3 Å². The second kappa shape index (κ2) is 5.06. The number of rotatable bonds is 3. The van der Waals surface area contributed by atoms with Gasteiger partial charge in [-0.15, -0.1) is 0 Å². The van der Waals surface area contributed by atoms with Crippen molar-refractivity contribution in [3.63, 3.8) is 0 Å². The van der Waals surface area contributed by atoms with Gasteiger partial charge in [-0.1, -0.05) is 23.7 Å². The van der Waals surface area contributed by atoms with Crippen molar-refractivity contribution >= 4 is 11.6 Å². The largest absolute Gasteiger partial charge is 0.489 e. The molecule has 0 aliphatic heterocycles. The predicted octanol–water partition coefficient (Wildman–Crippen LogP) is 3.82. The Morgan fingerprint density at radius 2 is 2.14 bits per heavy atom. The second-order valence-electron chi connectivity index (χ2n) is 3.51. The topological polar surface area (TPSA) is 9.23 Å². The van der Waals surface area contributed by atoms with Gasteiger partial charge in [-0.25, -0.2) is 0 Å². The molecule has 2 heteroatoms. The molecule has 1 aromatic rings. The summed E-state index contributed by atoms with van der Waals surface area (Å²) in [5, 5.41) is 0. The van der Waals surface area contributed by atoms with Gasteiger partial charge in [0.15, 0.2) is 0 Å². The van der Waals surface area contributed by atoms with Crippen LogP contribution in [0.1, 0.15) is 18.1 Å². The average molecular weight is 211 g/mol. The van der Waals surface area contributed by atoms with Crippen molar-refractivity contribution in [1.29, 1.82) is 0 Å². The zero-order valence-corrected chi connectivity index (χ0v) is 9.56. The van der Waals surface area contributed by atoms with Gasteiger partial charge in [0.2, 0.25) is 0 Å². The third-order valence-corrected chi connectivity index (χ3v) is 2.36. The van der Waals surface area contributed by atoms with Crippen LogP contribution in [-0.4, -0.2) is 6.61 Å². The van der Waals surface area contributed by atoms with Gasteiger partial charge in [-0.05, 0) is 43.5 Å². The third kappa shape index (κ3) is 3.08. The molecule has 1 rings (SSSR count). The fourth-order valence-electron chi connectivity index (χ4n) is 1.09. The van der Waals surface area contributed by atoms with E-state index in [1.165, 1.54) is 5.56 Å². The van der Waals surface area contributed by atoms with E-state index in [4.69, 9.17) is 16.3 Å². The van der Waals surface area contributed by atoms with Crippen LogP contribution >= 0.6 is 11.6 Å². The molecule has 0 spiro atoms. The van der Waals surface area contributed by atoms with Crippen LogP contribution in [-0.2, 0) is 0 Å². The maximum atomic E-state index is 5.62. The number of halogens is 1. The Kier molecular flexibility index (Phi) is 4.02. The average Bonchev–Trinajstić information content (AvgIpc) is 2.19. The van der Waals surface area contributed by atoms with Crippen molar-refractivity contribution in [2.24, 2.45) is 0 Å². The van der Waals surface area contributed by atoms with Crippen LogP contribution in [0.25, 0.3) is 0 Å². The maximum absolute atomic E-state index is 5.62. The van der Waals surface area contributed by atoms with E-state index in [1.54, 1.807) is 5.54 Å². The molecule has 0 aliphatic rings. The molecule has 0 saturated carbocycles. The lowest BCUT2D eigenvalue weighted by Gasteiger charge is -2.09. The lowest BCUT2D eigenvalue weighted by molar-refractivity contribution is 0.350. The smallest absolute Gasteiger partial charge is 0.122 e. The zero-order chi connectivity index (χ0) is 10.6. The molecule has 1 nitrogen and oxygen atoms in total. The van der Waals surface area contributed by atoms with E-state index in [0.717, 1.165) is 16.9 Å². The van der Waals surface area contributed by atoms with Crippen LogP contribution < -0.4 is 4.74 Å². The molecule has 0 amide bonds. The fourth-order valence-corrected chi connectivity index (χ4v) is 1.15. The van der Waals surface area contributed by atoms with E-state index < -0.39 is 0 Å². The van der Waals surface area contributed by atoms with Gasteiger partial charge in [0.05, 0.1) is 0 Å². The zero-order valence-electron chi connectivity index (χ0n) is 8.80. The predicted molar refractivity (Wildman–Crippen MR) is 61.0 cm³/mol. The standard InChI is InChI=1S/C12H15ClO/c1-9-4-5-11(3)12(6-9)14-8-10(2)7-13/h4-7H,8H2,1-3H3/b10-7-. The summed E-state index contributed by atoms with van der Waals surface area (Å²) < 4.78 is 5.62. The molecule has 0 fully saturated rings. The van der Waals surface area contributed by atoms with Crippen molar-refractivity contribution in [2.45, 2.75) is 20.8 Å². The molecule has 76 valence electrons. The Morgan fingerprint density at radius 1 is 1.43 bits per heavy atom. The van der Waals surface area contributed by atoms with Crippen LogP contribution in [0.4, 0.5) is 0 Å². The molecule has 0 bridgehead atoms. The molecule has 0 radical (unpaired) electrons. The van der Waals surface area contributed by atoms with Crippen LogP contribution in [0.2, 0.25) is 0 Å². The van der Waals surface area contributed by atoms with Gasteiger partial charge in [-0.2, -0.15) is 0 Å². The van der Waals surface area contributed by atoms with E-state index in [9.17, 15) is 0 Å². The van der Waals surface area contributed by atoms with Gasteiger partial charge >= 0.3 is 0 Å². The second-order valence-corrected chi connectivity index (χ2v) is 3.73. The Hall–Kier alpha value is -0.950. The molecular weight excluding hydrogens is 196 g/mol. The number of ether oxygens (including phenoxy) is 1. The summed E-state index contributed by atoms with van der Waals surface area (Å²) in [6, 6.07) is 6.17. The van der Waals surface area contributed by atoms with Gasteiger partial charge in [0, 0.05) is 5.54 Å². The van der Waals surface area contributed by atoms with E-state index in [0.29, 0.717) is 6.61 Å². The van der Waals surface area contributed by atoms with Gasteiger partial charge in [0.25, 0.3) is 0 Å². The van der Waals surface area contributed by atoms with E-state index >= 15 is 0 Å². The molecule has 0 saturated heterocycles. The molecule has 14 heavy (non-hydrogen) atoms. The summed E-state index contributed by atoms with van der Waals surface area (Å²) >= 11 is 5.55. The summed E-state index contributed by atoms with van der Waals surface area (Å²) in [5.41, 5.74) is 4.93. The highest BCUT2D eigenvalue weighted by atomic mass is 35.5. The van der Waals surface area contributed by atoms with Gasteiger partial charge in [0.1, 0.15) is 12.4 Å². The first-order valence-corrected chi connectivity index (χ1v) is 5.03. The van der Waals surface area contributed by atoms with Crippen molar-refractivity contribution in [1.82, 2.24) is 0 Å². The summed E-state index contributed by atoms with van der Waals surface area (Å²) in [7, 11) is 0. The number of benzene rings is 1.